The van der Waals surface area contributed by atoms with Crippen LogP contribution in [-0.4, -0.2) is 32.5 Å². The van der Waals surface area contributed by atoms with E-state index in [1.807, 2.05) is 11.5 Å². The minimum Gasteiger partial charge on any atom is -0.311 e. The second-order valence-corrected chi connectivity index (χ2v) is 7.45. The highest BCUT2D eigenvalue weighted by Crippen LogP contribution is 2.33. The van der Waals surface area contributed by atoms with Gasteiger partial charge in [-0.25, -0.2) is 4.39 Å². The molecular formula is C17H21FN4OS. The molecule has 0 unspecified atom stereocenters. The van der Waals surface area contributed by atoms with Crippen LogP contribution >= 0.6 is 11.8 Å². The summed E-state index contributed by atoms with van der Waals surface area (Å²) in [6, 6.07) is 4.81. The van der Waals surface area contributed by atoms with Gasteiger partial charge >= 0.3 is 0 Å². The molecule has 7 heteroatoms. The highest BCUT2D eigenvalue weighted by molar-refractivity contribution is 8.00. The molecule has 0 N–H and O–H groups in total. The first kappa shape index (κ1) is 17.0. The molecule has 1 aliphatic heterocycles. The van der Waals surface area contributed by atoms with Gasteiger partial charge in [0.2, 0.25) is 5.91 Å². The van der Waals surface area contributed by atoms with Crippen LogP contribution in [0.3, 0.4) is 0 Å². The van der Waals surface area contributed by atoms with Gasteiger partial charge < -0.3 is 9.47 Å². The number of amides is 1. The zero-order valence-corrected chi connectivity index (χ0v) is 14.9. The molecule has 1 amide bonds. The Hall–Kier alpha value is -1.89. The quantitative estimate of drug-likeness (QED) is 0.847. The predicted octanol–water partition coefficient (Wildman–Crippen LogP) is 3.59. The molecule has 1 atom stereocenters. The lowest BCUT2D eigenvalue weighted by molar-refractivity contribution is -0.119. The number of carbonyl (C=O) groups excluding carboxylic acids is 1. The van der Waals surface area contributed by atoms with Gasteiger partial charge in [-0.1, -0.05) is 11.8 Å². The van der Waals surface area contributed by atoms with Crippen molar-refractivity contribution in [2.45, 2.75) is 50.1 Å². The van der Waals surface area contributed by atoms with E-state index in [0.29, 0.717) is 6.54 Å². The fraction of sp³-hybridized carbons (Fsp3) is 0.471. The molecule has 1 aliphatic rings. The van der Waals surface area contributed by atoms with Crippen LogP contribution in [0.1, 0.15) is 38.3 Å². The van der Waals surface area contributed by atoms with Gasteiger partial charge in [0.25, 0.3) is 0 Å². The molecule has 2 aromatic rings. The molecule has 1 aromatic carbocycles. The number of aryl methyl sites for hydroxylation is 1. The summed E-state index contributed by atoms with van der Waals surface area (Å²) in [4.78, 5) is 14.7. The minimum atomic E-state index is -0.281. The van der Waals surface area contributed by atoms with Crippen molar-refractivity contribution in [3.05, 3.63) is 35.9 Å². The van der Waals surface area contributed by atoms with Crippen molar-refractivity contribution < 1.29 is 9.18 Å². The average Bonchev–Trinajstić information content (AvgIpc) is 2.98. The van der Waals surface area contributed by atoms with Crippen molar-refractivity contribution >= 4 is 23.4 Å². The Balaban J connectivity index is 1.81. The van der Waals surface area contributed by atoms with Crippen LogP contribution in [-0.2, 0) is 4.79 Å². The predicted molar refractivity (Wildman–Crippen MR) is 92.8 cm³/mol. The molecule has 2 heterocycles. The maximum Gasteiger partial charge on any atom is 0.240 e. The van der Waals surface area contributed by atoms with Gasteiger partial charge in [0.05, 0.1) is 5.25 Å². The zero-order chi connectivity index (χ0) is 17.3. The number of nitrogens with zero attached hydrogens (tertiary/aromatic N) is 4. The maximum absolute atomic E-state index is 13.3. The SMILES string of the molecule is Cc1cc(F)ccc1N1CCC[C@H](Sc2nncn2C(C)C)C1=O. The van der Waals surface area contributed by atoms with Gasteiger partial charge in [0.15, 0.2) is 5.16 Å². The third kappa shape index (κ3) is 3.31. The second-order valence-electron chi connectivity index (χ2n) is 6.28. The Morgan fingerprint density at radius 2 is 2.17 bits per heavy atom. The number of aromatic nitrogens is 3. The molecule has 1 fully saturated rings. The lowest BCUT2D eigenvalue weighted by atomic mass is 10.1. The highest BCUT2D eigenvalue weighted by atomic mass is 32.2. The maximum atomic E-state index is 13.3. The number of hydrogen-bond donors (Lipinski definition) is 0. The summed E-state index contributed by atoms with van der Waals surface area (Å²) < 4.78 is 15.3. The number of benzene rings is 1. The Bertz CT molecular complexity index is 746. The lowest BCUT2D eigenvalue weighted by Gasteiger charge is -2.32. The minimum absolute atomic E-state index is 0.0549. The van der Waals surface area contributed by atoms with Gasteiger partial charge in [-0.3, -0.25) is 4.79 Å². The summed E-state index contributed by atoms with van der Waals surface area (Å²) in [5, 5.41) is 8.68. The largest absolute Gasteiger partial charge is 0.311 e. The second kappa shape index (κ2) is 6.93. The topological polar surface area (TPSA) is 51.0 Å². The number of anilines is 1. The lowest BCUT2D eigenvalue weighted by Crippen LogP contribution is -2.43. The van der Waals surface area contributed by atoms with Gasteiger partial charge in [-0.2, -0.15) is 0 Å². The fourth-order valence-electron chi connectivity index (χ4n) is 2.91. The molecule has 0 saturated carbocycles. The number of thioether (sulfide) groups is 1. The Kier molecular flexibility index (Phi) is 4.89. The fourth-order valence-corrected chi connectivity index (χ4v) is 4.15. The van der Waals surface area contributed by atoms with Gasteiger partial charge in [0.1, 0.15) is 12.1 Å². The number of rotatable bonds is 4. The van der Waals surface area contributed by atoms with E-state index in [0.717, 1.165) is 29.2 Å². The van der Waals surface area contributed by atoms with E-state index in [-0.39, 0.29) is 23.0 Å². The standard InChI is InChI=1S/C17H21FN4OS/c1-11(2)22-10-19-20-17(22)24-15-5-4-8-21(16(15)23)14-7-6-13(18)9-12(14)3/h6-7,9-11,15H,4-5,8H2,1-3H3/t15-/m0/s1. The molecule has 0 radical (unpaired) electrons. The molecule has 0 aliphatic carbocycles. The third-order valence-corrected chi connectivity index (χ3v) is 5.41. The number of carbonyl (C=O) groups is 1. The molecule has 3 rings (SSSR count). The zero-order valence-electron chi connectivity index (χ0n) is 14.1. The summed E-state index contributed by atoms with van der Waals surface area (Å²) in [6.45, 7) is 6.62. The van der Waals surface area contributed by atoms with Crippen LogP contribution in [0.5, 0.6) is 0 Å². The van der Waals surface area contributed by atoms with Crippen LogP contribution in [0.15, 0.2) is 29.7 Å². The number of hydrogen-bond acceptors (Lipinski definition) is 4. The van der Waals surface area contributed by atoms with Crippen molar-refractivity contribution in [1.82, 2.24) is 14.8 Å². The van der Waals surface area contributed by atoms with Crippen molar-refractivity contribution in [3.8, 4) is 0 Å². The Labute approximate surface area is 145 Å². The first-order valence-electron chi connectivity index (χ1n) is 8.11. The molecule has 1 saturated heterocycles. The van der Waals surface area contributed by atoms with E-state index in [4.69, 9.17) is 0 Å². The van der Waals surface area contributed by atoms with Gasteiger partial charge in [-0.15, -0.1) is 10.2 Å². The van der Waals surface area contributed by atoms with E-state index in [9.17, 15) is 9.18 Å². The molecule has 1 aromatic heterocycles. The van der Waals surface area contributed by atoms with E-state index >= 15 is 0 Å². The summed E-state index contributed by atoms with van der Waals surface area (Å²) >= 11 is 1.47. The van der Waals surface area contributed by atoms with E-state index < -0.39 is 0 Å². The summed E-state index contributed by atoms with van der Waals surface area (Å²) in [5.74, 6) is -0.226. The van der Waals surface area contributed by atoms with E-state index in [1.165, 1.54) is 23.9 Å². The monoisotopic (exact) mass is 348 g/mol. The summed E-state index contributed by atoms with van der Waals surface area (Å²) in [5.41, 5.74) is 1.57. The average molecular weight is 348 g/mol. The molecule has 24 heavy (non-hydrogen) atoms. The number of piperidine rings is 1. The van der Waals surface area contributed by atoms with Gasteiger partial charge in [-0.05, 0) is 57.4 Å². The highest BCUT2D eigenvalue weighted by Gasteiger charge is 2.32. The molecule has 5 nitrogen and oxygen atoms in total. The van der Waals surface area contributed by atoms with Crippen LogP contribution < -0.4 is 4.90 Å². The van der Waals surface area contributed by atoms with Crippen LogP contribution in [0, 0.1) is 12.7 Å². The molecule has 0 bridgehead atoms. The third-order valence-electron chi connectivity index (χ3n) is 4.18. The summed E-state index contributed by atoms with van der Waals surface area (Å²) in [6.07, 6.45) is 3.42. The normalized spacial score (nSPS) is 18.5. The van der Waals surface area contributed by atoms with Crippen molar-refractivity contribution in [3.63, 3.8) is 0 Å². The van der Waals surface area contributed by atoms with Crippen molar-refractivity contribution in [2.24, 2.45) is 0 Å². The van der Waals surface area contributed by atoms with E-state index in [2.05, 4.69) is 24.0 Å². The molecule has 0 spiro atoms. The van der Waals surface area contributed by atoms with Crippen molar-refractivity contribution in [2.75, 3.05) is 11.4 Å². The van der Waals surface area contributed by atoms with Crippen molar-refractivity contribution in [1.29, 1.82) is 0 Å². The molecular weight excluding hydrogens is 327 g/mol. The first-order chi connectivity index (χ1) is 11.5. The Morgan fingerprint density at radius 1 is 1.38 bits per heavy atom. The smallest absolute Gasteiger partial charge is 0.240 e. The van der Waals surface area contributed by atoms with Crippen LogP contribution in [0.25, 0.3) is 0 Å². The first-order valence-corrected chi connectivity index (χ1v) is 8.99. The van der Waals surface area contributed by atoms with Crippen LogP contribution in [0.2, 0.25) is 0 Å². The number of halogens is 1. The molecule has 128 valence electrons. The van der Waals surface area contributed by atoms with Crippen LogP contribution in [0.4, 0.5) is 10.1 Å². The summed E-state index contributed by atoms with van der Waals surface area (Å²) in [7, 11) is 0. The van der Waals surface area contributed by atoms with E-state index in [1.54, 1.807) is 17.3 Å². The van der Waals surface area contributed by atoms with Gasteiger partial charge in [0, 0.05) is 18.3 Å². The Morgan fingerprint density at radius 3 is 2.88 bits per heavy atom.